The van der Waals surface area contributed by atoms with E-state index in [1.54, 1.807) is 12.1 Å². The summed E-state index contributed by atoms with van der Waals surface area (Å²) in [6.45, 7) is 3.23. The summed E-state index contributed by atoms with van der Waals surface area (Å²) >= 11 is 0. The third kappa shape index (κ3) is 3.60. The lowest BCUT2D eigenvalue weighted by molar-refractivity contribution is -0.138. The van der Waals surface area contributed by atoms with Crippen LogP contribution in [-0.4, -0.2) is 58.3 Å². The van der Waals surface area contributed by atoms with Crippen LogP contribution in [0.15, 0.2) is 24.3 Å². The van der Waals surface area contributed by atoms with Gasteiger partial charge >= 0.3 is 0 Å². The van der Waals surface area contributed by atoms with Gasteiger partial charge in [0.05, 0.1) is 23.9 Å². The largest absolute Gasteiger partial charge is 0.366 e. The van der Waals surface area contributed by atoms with Crippen LogP contribution in [0.25, 0.3) is 11.4 Å². The molecule has 0 saturated carbocycles. The van der Waals surface area contributed by atoms with Crippen LogP contribution < -0.4 is 5.73 Å². The Morgan fingerprint density at radius 3 is 2.70 bits per heavy atom. The summed E-state index contributed by atoms with van der Waals surface area (Å²) < 4.78 is 0. The van der Waals surface area contributed by atoms with Gasteiger partial charge in [-0.3, -0.25) is 9.59 Å². The predicted molar refractivity (Wildman–Crippen MR) is 102 cm³/mol. The number of nitrogens with one attached hydrogen (secondary N) is 1. The van der Waals surface area contributed by atoms with E-state index in [-0.39, 0.29) is 11.8 Å². The molecule has 0 radical (unpaired) electrons. The van der Waals surface area contributed by atoms with Crippen LogP contribution in [0.5, 0.6) is 0 Å². The van der Waals surface area contributed by atoms with Gasteiger partial charge in [0.1, 0.15) is 5.82 Å². The lowest BCUT2D eigenvalue weighted by atomic mass is 9.96. The first-order valence-electron chi connectivity index (χ1n) is 9.46. The van der Waals surface area contributed by atoms with Crippen LogP contribution in [-0.2, 0) is 17.8 Å². The average molecular weight is 367 g/mol. The second-order valence-corrected chi connectivity index (χ2v) is 7.56. The highest BCUT2D eigenvalue weighted by molar-refractivity contribution is 5.93. The number of hydrogen-bond acceptors (Lipinski definition) is 4. The smallest absolute Gasteiger partial charge is 0.248 e. The second-order valence-electron chi connectivity index (χ2n) is 7.56. The number of hydrogen-bond donors (Lipinski definition) is 2. The van der Waals surface area contributed by atoms with Crippen molar-refractivity contribution in [1.82, 2.24) is 19.8 Å². The van der Waals surface area contributed by atoms with Crippen molar-refractivity contribution in [3.63, 3.8) is 0 Å². The van der Waals surface area contributed by atoms with Crippen LogP contribution in [0.2, 0.25) is 0 Å². The fourth-order valence-corrected chi connectivity index (χ4v) is 4.04. The summed E-state index contributed by atoms with van der Waals surface area (Å²) in [6.07, 6.45) is 2.83. The number of likely N-dealkylation sites (tertiary alicyclic amines) is 1. The SMILES string of the molecule is CN1CCC[C@H](C(=O)N2CCc3nc(-c4ccc(C(N)=O)cc4)[nH]c3C2)C1. The molecule has 1 aromatic carbocycles. The highest BCUT2D eigenvalue weighted by Gasteiger charge is 2.31. The number of carbonyl (C=O) groups excluding carboxylic acids is 2. The topological polar surface area (TPSA) is 95.3 Å². The van der Waals surface area contributed by atoms with Gasteiger partial charge in [-0.25, -0.2) is 4.98 Å². The summed E-state index contributed by atoms with van der Waals surface area (Å²) in [5.74, 6) is 0.689. The van der Waals surface area contributed by atoms with Crippen molar-refractivity contribution in [3.05, 3.63) is 41.2 Å². The van der Waals surface area contributed by atoms with Gasteiger partial charge in [0.15, 0.2) is 0 Å². The number of amides is 2. The fourth-order valence-electron chi connectivity index (χ4n) is 4.04. The second kappa shape index (κ2) is 7.15. The first-order chi connectivity index (χ1) is 13.0. The quantitative estimate of drug-likeness (QED) is 0.857. The van der Waals surface area contributed by atoms with Crippen LogP contribution in [0, 0.1) is 5.92 Å². The molecular weight excluding hydrogens is 342 g/mol. The molecule has 2 aromatic rings. The normalized spacial score (nSPS) is 20.3. The Bertz CT molecular complexity index is 858. The van der Waals surface area contributed by atoms with E-state index in [1.807, 2.05) is 17.0 Å². The number of primary amides is 1. The lowest BCUT2D eigenvalue weighted by Crippen LogP contribution is -2.45. The number of aromatic nitrogens is 2. The van der Waals surface area contributed by atoms with Crippen LogP contribution >= 0.6 is 0 Å². The zero-order valence-electron chi connectivity index (χ0n) is 15.6. The van der Waals surface area contributed by atoms with Crippen molar-refractivity contribution in [3.8, 4) is 11.4 Å². The highest BCUT2D eigenvalue weighted by Crippen LogP contribution is 2.25. The number of aromatic amines is 1. The molecule has 7 nitrogen and oxygen atoms in total. The summed E-state index contributed by atoms with van der Waals surface area (Å²) in [5.41, 5.74) is 8.70. The molecule has 4 rings (SSSR count). The minimum absolute atomic E-state index is 0.106. The van der Waals surface area contributed by atoms with E-state index < -0.39 is 5.91 Å². The Hall–Kier alpha value is -2.67. The van der Waals surface area contributed by atoms with Gasteiger partial charge in [-0.1, -0.05) is 12.1 Å². The molecule has 1 saturated heterocycles. The standard InChI is InChI=1S/C20H25N5O2/c1-24-9-2-3-15(11-24)20(27)25-10-8-16-17(12-25)23-19(22-16)14-6-4-13(5-7-14)18(21)26/h4-7,15H,2-3,8-12H2,1H3,(H2,21,26)(H,22,23)/t15-/m0/s1. The molecule has 1 aromatic heterocycles. The summed E-state index contributed by atoms with van der Waals surface area (Å²) in [4.78, 5) is 36.4. The van der Waals surface area contributed by atoms with Gasteiger partial charge in [0.2, 0.25) is 11.8 Å². The van der Waals surface area contributed by atoms with E-state index in [0.717, 1.165) is 61.7 Å². The van der Waals surface area contributed by atoms with E-state index in [9.17, 15) is 9.59 Å². The van der Waals surface area contributed by atoms with Gasteiger partial charge < -0.3 is 20.5 Å². The monoisotopic (exact) mass is 367 g/mol. The Morgan fingerprint density at radius 2 is 2.00 bits per heavy atom. The molecule has 3 N–H and O–H groups in total. The Morgan fingerprint density at radius 1 is 1.22 bits per heavy atom. The number of rotatable bonds is 3. The maximum atomic E-state index is 12.9. The van der Waals surface area contributed by atoms with Crippen LogP contribution in [0.1, 0.15) is 34.6 Å². The van der Waals surface area contributed by atoms with Crippen LogP contribution in [0.3, 0.4) is 0 Å². The van der Waals surface area contributed by atoms with Gasteiger partial charge in [-0.15, -0.1) is 0 Å². The third-order valence-electron chi connectivity index (χ3n) is 5.56. The molecule has 0 bridgehead atoms. The molecular formula is C20H25N5O2. The molecule has 0 spiro atoms. The number of H-pyrrole nitrogens is 1. The Kier molecular flexibility index (Phi) is 4.70. The number of piperidine rings is 1. The molecule has 27 heavy (non-hydrogen) atoms. The summed E-state index contributed by atoms with van der Waals surface area (Å²) in [6, 6.07) is 7.08. The van der Waals surface area contributed by atoms with Crippen molar-refractivity contribution in [2.75, 3.05) is 26.7 Å². The lowest BCUT2D eigenvalue weighted by Gasteiger charge is -2.34. The molecule has 1 atom stereocenters. The molecule has 2 aliphatic rings. The molecule has 0 unspecified atom stereocenters. The molecule has 1 fully saturated rings. The number of nitrogens with zero attached hydrogens (tertiary/aromatic N) is 3. The molecule has 7 heteroatoms. The minimum atomic E-state index is -0.442. The van der Waals surface area contributed by atoms with E-state index in [4.69, 9.17) is 10.7 Å². The highest BCUT2D eigenvalue weighted by atomic mass is 16.2. The number of benzene rings is 1. The average Bonchev–Trinajstić information content (AvgIpc) is 3.10. The predicted octanol–water partition coefficient (Wildman–Crippen LogP) is 1.40. The molecule has 142 valence electrons. The number of fused-ring (bicyclic) bond motifs is 1. The van der Waals surface area contributed by atoms with Crippen LogP contribution in [0.4, 0.5) is 0 Å². The number of carbonyl (C=O) groups is 2. The van der Waals surface area contributed by atoms with Crippen molar-refractivity contribution in [1.29, 1.82) is 0 Å². The molecule has 2 amide bonds. The van der Waals surface area contributed by atoms with E-state index in [0.29, 0.717) is 12.1 Å². The first kappa shape index (κ1) is 17.7. The van der Waals surface area contributed by atoms with Crippen molar-refractivity contribution in [2.45, 2.75) is 25.8 Å². The Labute approximate surface area is 158 Å². The fraction of sp³-hybridized carbons (Fsp3) is 0.450. The zero-order chi connectivity index (χ0) is 19.0. The van der Waals surface area contributed by atoms with Crippen molar-refractivity contribution >= 4 is 11.8 Å². The molecule has 0 aliphatic carbocycles. The minimum Gasteiger partial charge on any atom is -0.366 e. The van der Waals surface area contributed by atoms with Gasteiger partial charge in [0, 0.05) is 30.6 Å². The first-order valence-corrected chi connectivity index (χ1v) is 9.46. The van der Waals surface area contributed by atoms with Crippen molar-refractivity contribution < 1.29 is 9.59 Å². The van der Waals surface area contributed by atoms with Gasteiger partial charge in [0.25, 0.3) is 0 Å². The Balaban J connectivity index is 1.49. The van der Waals surface area contributed by atoms with Gasteiger partial charge in [-0.2, -0.15) is 0 Å². The van der Waals surface area contributed by atoms with E-state index in [2.05, 4.69) is 16.9 Å². The summed E-state index contributed by atoms with van der Waals surface area (Å²) in [7, 11) is 2.08. The summed E-state index contributed by atoms with van der Waals surface area (Å²) in [5, 5.41) is 0. The van der Waals surface area contributed by atoms with Gasteiger partial charge in [-0.05, 0) is 38.6 Å². The van der Waals surface area contributed by atoms with E-state index >= 15 is 0 Å². The number of imidazole rings is 1. The molecule has 2 aliphatic heterocycles. The molecule has 3 heterocycles. The maximum absolute atomic E-state index is 12.9. The zero-order valence-corrected chi connectivity index (χ0v) is 15.6. The van der Waals surface area contributed by atoms with Crippen molar-refractivity contribution in [2.24, 2.45) is 11.7 Å². The third-order valence-corrected chi connectivity index (χ3v) is 5.56. The number of nitrogens with two attached hydrogens (primary N) is 1. The van der Waals surface area contributed by atoms with E-state index in [1.165, 1.54) is 0 Å². The maximum Gasteiger partial charge on any atom is 0.248 e.